The summed E-state index contributed by atoms with van der Waals surface area (Å²) in [6.45, 7) is 4.31. The van der Waals surface area contributed by atoms with Crippen LogP contribution in [0.15, 0.2) is 61.2 Å². The van der Waals surface area contributed by atoms with Crippen molar-refractivity contribution in [2.75, 3.05) is 21.3 Å². The summed E-state index contributed by atoms with van der Waals surface area (Å²) >= 11 is 0. The molecule has 0 aliphatic carbocycles. The summed E-state index contributed by atoms with van der Waals surface area (Å²) in [6, 6.07) is 18.3. The van der Waals surface area contributed by atoms with E-state index in [2.05, 4.69) is 30.8 Å². The van der Waals surface area contributed by atoms with Crippen molar-refractivity contribution in [2.45, 2.75) is 0 Å². The standard InChI is InChI=1S/C21H20O3/c1-14(16-11-7-9-15-8-5-6-10-18(15)16)17-12-13-19(22-2)21(24-4)20(17)23-3/h5-13H,1H2,2-4H3. The van der Waals surface area contributed by atoms with Crippen LogP contribution in [0.1, 0.15) is 11.1 Å². The summed E-state index contributed by atoms with van der Waals surface area (Å²) in [7, 11) is 4.83. The van der Waals surface area contributed by atoms with Gasteiger partial charge in [0, 0.05) is 5.56 Å². The van der Waals surface area contributed by atoms with Gasteiger partial charge >= 0.3 is 0 Å². The average molecular weight is 320 g/mol. The quantitative estimate of drug-likeness (QED) is 0.667. The molecule has 0 atom stereocenters. The van der Waals surface area contributed by atoms with E-state index in [-0.39, 0.29) is 0 Å². The molecule has 0 unspecified atom stereocenters. The highest BCUT2D eigenvalue weighted by Gasteiger charge is 2.19. The Morgan fingerprint density at radius 1 is 0.708 bits per heavy atom. The summed E-state index contributed by atoms with van der Waals surface area (Å²) in [5.41, 5.74) is 2.83. The molecule has 3 nitrogen and oxygen atoms in total. The molecule has 3 aromatic carbocycles. The van der Waals surface area contributed by atoms with E-state index in [1.807, 2.05) is 30.3 Å². The topological polar surface area (TPSA) is 27.7 Å². The van der Waals surface area contributed by atoms with Crippen LogP contribution in [0.5, 0.6) is 17.2 Å². The largest absolute Gasteiger partial charge is 0.493 e. The Labute approximate surface area is 142 Å². The van der Waals surface area contributed by atoms with Gasteiger partial charge in [0.1, 0.15) is 0 Å². The Bertz CT molecular complexity index is 891. The lowest BCUT2D eigenvalue weighted by Crippen LogP contribution is -1.99. The fourth-order valence-electron chi connectivity index (χ4n) is 2.97. The van der Waals surface area contributed by atoms with Crippen molar-refractivity contribution in [3.8, 4) is 17.2 Å². The summed E-state index contributed by atoms with van der Waals surface area (Å²) in [5.74, 6) is 1.82. The number of ether oxygens (including phenoxy) is 3. The summed E-state index contributed by atoms with van der Waals surface area (Å²) in [5, 5.41) is 2.33. The molecule has 0 amide bonds. The Morgan fingerprint density at radius 3 is 2.12 bits per heavy atom. The highest BCUT2D eigenvalue weighted by molar-refractivity contribution is 5.98. The maximum absolute atomic E-state index is 5.60. The van der Waals surface area contributed by atoms with Gasteiger partial charge in [0.2, 0.25) is 5.75 Å². The summed E-state index contributed by atoms with van der Waals surface area (Å²) in [4.78, 5) is 0. The van der Waals surface area contributed by atoms with Gasteiger partial charge in [-0.3, -0.25) is 0 Å². The van der Waals surface area contributed by atoms with Crippen LogP contribution in [0.2, 0.25) is 0 Å². The molecule has 3 aromatic rings. The lowest BCUT2D eigenvalue weighted by molar-refractivity contribution is 0.324. The van der Waals surface area contributed by atoms with E-state index >= 15 is 0 Å². The van der Waals surface area contributed by atoms with Gasteiger partial charge in [-0.1, -0.05) is 49.0 Å². The summed E-state index contributed by atoms with van der Waals surface area (Å²) < 4.78 is 16.4. The molecule has 0 bridgehead atoms. The minimum Gasteiger partial charge on any atom is -0.493 e. The molecule has 0 aliphatic heterocycles. The van der Waals surface area contributed by atoms with Gasteiger partial charge in [0.05, 0.1) is 21.3 Å². The van der Waals surface area contributed by atoms with E-state index in [4.69, 9.17) is 14.2 Å². The molecule has 0 fully saturated rings. The van der Waals surface area contributed by atoms with Gasteiger partial charge < -0.3 is 14.2 Å². The summed E-state index contributed by atoms with van der Waals surface area (Å²) in [6.07, 6.45) is 0. The van der Waals surface area contributed by atoms with Crippen LogP contribution in [0, 0.1) is 0 Å². The number of hydrogen-bond acceptors (Lipinski definition) is 3. The molecule has 0 aromatic heterocycles. The van der Waals surface area contributed by atoms with Crippen molar-refractivity contribution in [3.05, 3.63) is 72.3 Å². The highest BCUT2D eigenvalue weighted by Crippen LogP contribution is 2.44. The van der Waals surface area contributed by atoms with Crippen molar-refractivity contribution in [1.82, 2.24) is 0 Å². The molecule has 122 valence electrons. The van der Waals surface area contributed by atoms with E-state index in [1.165, 1.54) is 5.39 Å². The van der Waals surface area contributed by atoms with E-state index in [9.17, 15) is 0 Å². The fourth-order valence-corrected chi connectivity index (χ4v) is 2.97. The van der Waals surface area contributed by atoms with Crippen LogP contribution < -0.4 is 14.2 Å². The maximum Gasteiger partial charge on any atom is 0.203 e. The Hall–Kier alpha value is -2.94. The van der Waals surface area contributed by atoms with Gasteiger partial charge in [0.25, 0.3) is 0 Å². The predicted octanol–water partition coefficient (Wildman–Crippen LogP) is 4.93. The number of benzene rings is 3. The number of methoxy groups -OCH3 is 3. The van der Waals surface area contributed by atoms with Crippen LogP contribution >= 0.6 is 0 Å². The minimum absolute atomic E-state index is 0.568. The van der Waals surface area contributed by atoms with Crippen LogP contribution in [-0.4, -0.2) is 21.3 Å². The maximum atomic E-state index is 5.60. The first-order chi connectivity index (χ1) is 11.7. The molecule has 24 heavy (non-hydrogen) atoms. The predicted molar refractivity (Wildman–Crippen MR) is 98.2 cm³/mol. The molecule has 0 saturated carbocycles. The Morgan fingerprint density at radius 2 is 1.42 bits per heavy atom. The second kappa shape index (κ2) is 6.67. The van der Waals surface area contributed by atoms with Gasteiger partial charge in [0.15, 0.2) is 11.5 Å². The first kappa shape index (κ1) is 15.9. The smallest absolute Gasteiger partial charge is 0.203 e. The van der Waals surface area contributed by atoms with Crippen molar-refractivity contribution in [3.63, 3.8) is 0 Å². The molecule has 0 aliphatic rings. The Balaban J connectivity index is 2.20. The third kappa shape index (κ3) is 2.58. The van der Waals surface area contributed by atoms with E-state index in [0.29, 0.717) is 17.2 Å². The zero-order valence-corrected chi connectivity index (χ0v) is 14.1. The van der Waals surface area contributed by atoms with Gasteiger partial charge in [-0.05, 0) is 34.0 Å². The van der Waals surface area contributed by atoms with E-state index in [0.717, 1.165) is 22.1 Å². The number of rotatable bonds is 5. The van der Waals surface area contributed by atoms with Gasteiger partial charge in [-0.25, -0.2) is 0 Å². The molecular weight excluding hydrogens is 300 g/mol. The molecule has 3 heteroatoms. The van der Waals surface area contributed by atoms with Crippen molar-refractivity contribution < 1.29 is 14.2 Å². The van der Waals surface area contributed by atoms with E-state index < -0.39 is 0 Å². The normalized spacial score (nSPS) is 10.5. The SMILES string of the molecule is C=C(c1ccc(OC)c(OC)c1OC)c1cccc2ccccc12. The average Bonchev–Trinajstić information content (AvgIpc) is 2.65. The lowest BCUT2D eigenvalue weighted by atomic mass is 9.93. The second-order valence-corrected chi connectivity index (χ2v) is 5.39. The molecule has 0 heterocycles. The van der Waals surface area contributed by atoms with Crippen molar-refractivity contribution >= 4 is 16.3 Å². The zero-order valence-electron chi connectivity index (χ0n) is 14.1. The second-order valence-electron chi connectivity index (χ2n) is 5.39. The number of hydrogen-bond donors (Lipinski definition) is 0. The third-order valence-corrected chi connectivity index (χ3v) is 4.14. The first-order valence-corrected chi connectivity index (χ1v) is 7.67. The van der Waals surface area contributed by atoms with Crippen molar-refractivity contribution in [2.24, 2.45) is 0 Å². The van der Waals surface area contributed by atoms with Gasteiger partial charge in [-0.15, -0.1) is 0 Å². The Kier molecular flexibility index (Phi) is 4.43. The molecule has 0 spiro atoms. The highest BCUT2D eigenvalue weighted by atomic mass is 16.5. The van der Waals surface area contributed by atoms with Crippen molar-refractivity contribution in [1.29, 1.82) is 0 Å². The third-order valence-electron chi connectivity index (χ3n) is 4.14. The van der Waals surface area contributed by atoms with Crippen LogP contribution in [0.25, 0.3) is 16.3 Å². The minimum atomic E-state index is 0.568. The first-order valence-electron chi connectivity index (χ1n) is 7.67. The molecule has 3 rings (SSSR count). The van der Waals surface area contributed by atoms with Crippen LogP contribution in [-0.2, 0) is 0 Å². The molecule has 0 radical (unpaired) electrons. The molecule has 0 saturated heterocycles. The lowest BCUT2D eigenvalue weighted by Gasteiger charge is -2.18. The van der Waals surface area contributed by atoms with Gasteiger partial charge in [-0.2, -0.15) is 0 Å². The fraction of sp³-hybridized carbons (Fsp3) is 0.143. The monoisotopic (exact) mass is 320 g/mol. The molecular formula is C21H20O3. The zero-order chi connectivity index (χ0) is 17.1. The number of fused-ring (bicyclic) bond motifs is 1. The van der Waals surface area contributed by atoms with Crippen LogP contribution in [0.4, 0.5) is 0 Å². The molecule has 0 N–H and O–H groups in total. The van der Waals surface area contributed by atoms with E-state index in [1.54, 1.807) is 21.3 Å². The van der Waals surface area contributed by atoms with Crippen LogP contribution in [0.3, 0.4) is 0 Å².